The van der Waals surface area contributed by atoms with Crippen LogP contribution in [0.1, 0.15) is 37.3 Å². The van der Waals surface area contributed by atoms with Crippen molar-refractivity contribution in [1.82, 2.24) is 4.90 Å². The van der Waals surface area contributed by atoms with Crippen molar-refractivity contribution >= 4 is 23.8 Å². The minimum Gasteiger partial charge on any atom is -0.480 e. The van der Waals surface area contributed by atoms with E-state index in [4.69, 9.17) is 4.74 Å². The van der Waals surface area contributed by atoms with Gasteiger partial charge in [0, 0.05) is 17.9 Å². The van der Waals surface area contributed by atoms with Gasteiger partial charge in [-0.15, -0.1) is 0 Å². The summed E-state index contributed by atoms with van der Waals surface area (Å²) in [4.78, 5) is 26.6. The summed E-state index contributed by atoms with van der Waals surface area (Å²) in [6.45, 7) is 3.89. The first-order valence-corrected chi connectivity index (χ1v) is 11.6. The van der Waals surface area contributed by atoms with E-state index in [0.717, 1.165) is 29.1 Å². The molecule has 158 valence electrons. The van der Waals surface area contributed by atoms with E-state index in [1.165, 1.54) is 16.0 Å². The zero-order chi connectivity index (χ0) is 21.3. The highest BCUT2D eigenvalue weighted by atomic mass is 32.2. The van der Waals surface area contributed by atoms with Crippen LogP contribution in [0.4, 0.5) is 4.79 Å². The third-order valence-corrected chi connectivity index (χ3v) is 7.26. The van der Waals surface area contributed by atoms with E-state index < -0.39 is 18.1 Å². The molecule has 0 saturated carbocycles. The number of amides is 1. The Balaban J connectivity index is 1.55. The Morgan fingerprint density at radius 3 is 2.20 bits per heavy atom. The summed E-state index contributed by atoms with van der Waals surface area (Å²) in [5, 5.41) is 9.88. The Bertz CT molecular complexity index is 893. The quantitative estimate of drug-likeness (QED) is 0.716. The molecule has 30 heavy (non-hydrogen) atoms. The number of carbonyl (C=O) groups excluding carboxylic acids is 1. The zero-order valence-corrected chi connectivity index (χ0v) is 18.1. The Morgan fingerprint density at radius 1 is 1.10 bits per heavy atom. The Kier molecular flexibility index (Phi) is 6.04. The van der Waals surface area contributed by atoms with Crippen LogP contribution < -0.4 is 0 Å². The number of hydrogen-bond acceptors (Lipinski definition) is 4. The number of ether oxygens (including phenoxy) is 1. The first kappa shape index (κ1) is 20.8. The molecule has 5 nitrogen and oxygen atoms in total. The largest absolute Gasteiger partial charge is 0.480 e. The number of benzene rings is 2. The molecule has 1 heterocycles. The van der Waals surface area contributed by atoms with Crippen LogP contribution in [0, 0.1) is 5.92 Å². The van der Waals surface area contributed by atoms with Gasteiger partial charge in [-0.05, 0) is 54.0 Å². The Labute approximate surface area is 181 Å². The third-order valence-electron chi connectivity index (χ3n) is 6.07. The fourth-order valence-electron chi connectivity index (χ4n) is 4.66. The maximum Gasteiger partial charge on any atom is 0.410 e. The number of fused-ring (bicyclic) bond motifs is 3. The molecule has 0 spiro atoms. The smallest absolute Gasteiger partial charge is 0.410 e. The minimum atomic E-state index is -0.954. The molecule has 0 radical (unpaired) electrons. The van der Waals surface area contributed by atoms with E-state index in [-0.39, 0.29) is 24.5 Å². The number of carbonyl (C=O) groups is 2. The molecule has 1 aliphatic heterocycles. The van der Waals surface area contributed by atoms with Crippen LogP contribution in [-0.4, -0.2) is 52.3 Å². The lowest BCUT2D eigenvalue weighted by Gasteiger charge is -2.35. The average molecular weight is 426 g/mol. The number of carboxylic acids is 1. The third kappa shape index (κ3) is 3.81. The van der Waals surface area contributed by atoms with Crippen LogP contribution in [0.5, 0.6) is 0 Å². The van der Waals surface area contributed by atoms with Crippen LogP contribution in [0.15, 0.2) is 48.5 Å². The molecule has 1 amide bonds. The average Bonchev–Trinajstić information content (AvgIpc) is 3.36. The van der Waals surface area contributed by atoms with E-state index in [2.05, 4.69) is 24.3 Å². The Hall–Kier alpha value is -2.47. The molecular formula is C24H27NO4S. The number of thioether (sulfide) groups is 1. The summed E-state index contributed by atoms with van der Waals surface area (Å²) < 4.78 is 5.77. The molecule has 0 bridgehead atoms. The molecular weight excluding hydrogens is 398 g/mol. The molecule has 4 rings (SSSR count). The van der Waals surface area contributed by atoms with Crippen molar-refractivity contribution in [3.63, 3.8) is 0 Å². The van der Waals surface area contributed by atoms with Crippen molar-refractivity contribution in [3.8, 4) is 11.1 Å². The van der Waals surface area contributed by atoms with E-state index in [1.54, 1.807) is 11.8 Å². The fraction of sp³-hybridized carbons (Fsp3) is 0.417. The van der Waals surface area contributed by atoms with Crippen molar-refractivity contribution < 1.29 is 19.4 Å². The highest BCUT2D eigenvalue weighted by Crippen LogP contribution is 2.44. The van der Waals surface area contributed by atoms with E-state index in [0.29, 0.717) is 0 Å². The van der Waals surface area contributed by atoms with Gasteiger partial charge in [-0.25, -0.2) is 9.59 Å². The maximum atomic E-state index is 13.1. The van der Waals surface area contributed by atoms with Crippen LogP contribution in [-0.2, 0) is 9.53 Å². The molecule has 1 saturated heterocycles. The van der Waals surface area contributed by atoms with Crippen LogP contribution in [0.25, 0.3) is 11.1 Å². The van der Waals surface area contributed by atoms with Gasteiger partial charge in [0.05, 0.1) is 0 Å². The van der Waals surface area contributed by atoms with E-state index in [1.807, 2.05) is 38.1 Å². The lowest BCUT2D eigenvalue weighted by atomic mass is 9.96. The lowest BCUT2D eigenvalue weighted by molar-refractivity contribution is -0.145. The summed E-state index contributed by atoms with van der Waals surface area (Å²) in [5.41, 5.74) is 4.62. The lowest BCUT2D eigenvalue weighted by Crippen LogP contribution is -2.53. The molecule has 0 aromatic heterocycles. The molecule has 2 atom stereocenters. The second-order valence-corrected chi connectivity index (χ2v) is 9.36. The van der Waals surface area contributed by atoms with Gasteiger partial charge in [0.2, 0.25) is 0 Å². The van der Waals surface area contributed by atoms with Crippen molar-refractivity contribution in [2.75, 3.05) is 18.1 Å². The molecule has 2 unspecified atom stereocenters. The topological polar surface area (TPSA) is 66.8 Å². The molecule has 2 aromatic rings. The molecule has 2 aliphatic rings. The zero-order valence-electron chi connectivity index (χ0n) is 17.3. The van der Waals surface area contributed by atoms with Gasteiger partial charge < -0.3 is 9.84 Å². The molecule has 1 fully saturated rings. The summed E-state index contributed by atoms with van der Waals surface area (Å²) in [5.74, 6) is 0.655. The van der Waals surface area contributed by atoms with Gasteiger partial charge in [0.1, 0.15) is 12.6 Å². The molecule has 6 heteroatoms. The van der Waals surface area contributed by atoms with Gasteiger partial charge in [-0.2, -0.15) is 11.8 Å². The number of nitrogens with zero attached hydrogens (tertiary/aromatic N) is 1. The van der Waals surface area contributed by atoms with Crippen LogP contribution in [0.2, 0.25) is 0 Å². The van der Waals surface area contributed by atoms with E-state index in [9.17, 15) is 14.7 Å². The number of hydrogen-bond donors (Lipinski definition) is 1. The van der Waals surface area contributed by atoms with Crippen molar-refractivity contribution in [3.05, 3.63) is 59.7 Å². The summed E-state index contributed by atoms with van der Waals surface area (Å²) in [6.07, 6.45) is 0.262. The SMILES string of the molecule is CC(C)N(C(=O)OCC1c2ccccc2-c2ccccc21)C(C(=O)O)C1CCSC1. The highest BCUT2D eigenvalue weighted by molar-refractivity contribution is 7.99. The molecule has 2 aromatic carbocycles. The summed E-state index contributed by atoms with van der Waals surface area (Å²) >= 11 is 1.74. The predicted octanol–water partition coefficient (Wildman–Crippen LogP) is 4.85. The van der Waals surface area contributed by atoms with Crippen molar-refractivity contribution in [1.29, 1.82) is 0 Å². The van der Waals surface area contributed by atoms with Gasteiger partial charge in [0.15, 0.2) is 0 Å². The fourth-order valence-corrected chi connectivity index (χ4v) is 5.95. The van der Waals surface area contributed by atoms with Crippen LogP contribution >= 0.6 is 11.8 Å². The number of rotatable bonds is 6. The van der Waals surface area contributed by atoms with Crippen LogP contribution in [0.3, 0.4) is 0 Å². The van der Waals surface area contributed by atoms with Crippen molar-refractivity contribution in [2.45, 2.75) is 38.3 Å². The normalized spacial score (nSPS) is 18.7. The van der Waals surface area contributed by atoms with Gasteiger partial charge >= 0.3 is 12.1 Å². The van der Waals surface area contributed by atoms with Crippen molar-refractivity contribution in [2.24, 2.45) is 5.92 Å². The summed E-state index contributed by atoms with van der Waals surface area (Å²) in [6, 6.07) is 15.2. The second-order valence-electron chi connectivity index (χ2n) is 8.21. The minimum absolute atomic E-state index is 0.0410. The van der Waals surface area contributed by atoms with Gasteiger partial charge in [0.25, 0.3) is 0 Å². The number of carboxylic acid groups (broad SMARTS) is 1. The monoisotopic (exact) mass is 425 g/mol. The highest BCUT2D eigenvalue weighted by Gasteiger charge is 2.40. The molecule has 1 N–H and O–H groups in total. The predicted molar refractivity (Wildman–Crippen MR) is 119 cm³/mol. The Morgan fingerprint density at radius 2 is 1.70 bits per heavy atom. The number of aliphatic carboxylic acids is 1. The van der Waals surface area contributed by atoms with Gasteiger partial charge in [-0.1, -0.05) is 48.5 Å². The standard InChI is InChI=1S/C24H27NO4S/c1-15(2)25(22(23(26)27)16-11-12-30-14-16)24(28)29-13-21-19-9-5-3-7-17(19)18-8-4-6-10-20(18)21/h3-10,15-16,21-22H,11-14H2,1-2H3,(H,26,27). The second kappa shape index (κ2) is 8.72. The first-order chi connectivity index (χ1) is 14.5. The van der Waals surface area contributed by atoms with Gasteiger partial charge in [-0.3, -0.25) is 4.90 Å². The van der Waals surface area contributed by atoms with E-state index >= 15 is 0 Å². The maximum absolute atomic E-state index is 13.1. The first-order valence-electron chi connectivity index (χ1n) is 10.4. The summed E-state index contributed by atoms with van der Waals surface area (Å²) in [7, 11) is 0. The molecule has 1 aliphatic carbocycles.